The lowest BCUT2D eigenvalue weighted by Crippen LogP contribution is -2.20. The van der Waals surface area contributed by atoms with E-state index in [0.717, 1.165) is 6.08 Å². The highest BCUT2D eigenvalue weighted by Gasteiger charge is 2.24. The number of pyridine rings is 1. The molecular weight excluding hydrogens is 534 g/mol. The molecule has 8 nitrogen and oxygen atoms in total. The first kappa shape index (κ1) is 24.2. The SMILES string of the molecule is COc1ccc(Oc2nc3c(C)cccn3c(=O)c2C=C(C#N)S(=O)(=O)c2ccc(Br)cc2)cc1. The molecule has 0 aliphatic rings. The molecular formula is C25H18BrN3O5S. The van der Waals surface area contributed by atoms with Crippen molar-refractivity contribution < 1.29 is 17.9 Å². The Morgan fingerprint density at radius 2 is 1.74 bits per heavy atom. The Balaban J connectivity index is 1.93. The Labute approximate surface area is 209 Å². The van der Waals surface area contributed by atoms with Gasteiger partial charge in [-0.1, -0.05) is 22.0 Å². The number of methoxy groups -OCH3 is 1. The van der Waals surface area contributed by atoms with Crippen LogP contribution in [-0.4, -0.2) is 24.9 Å². The zero-order valence-corrected chi connectivity index (χ0v) is 21.0. The van der Waals surface area contributed by atoms with Crippen LogP contribution in [0, 0.1) is 18.3 Å². The van der Waals surface area contributed by atoms with Crippen molar-refractivity contribution >= 4 is 37.5 Å². The van der Waals surface area contributed by atoms with Gasteiger partial charge in [-0.05, 0) is 73.2 Å². The molecule has 0 radical (unpaired) electrons. The Morgan fingerprint density at radius 1 is 1.09 bits per heavy atom. The fourth-order valence-corrected chi connectivity index (χ4v) is 4.70. The van der Waals surface area contributed by atoms with Gasteiger partial charge in [0.2, 0.25) is 15.7 Å². The van der Waals surface area contributed by atoms with Crippen LogP contribution in [0.1, 0.15) is 11.1 Å². The van der Waals surface area contributed by atoms with E-state index in [0.29, 0.717) is 27.2 Å². The first-order valence-corrected chi connectivity index (χ1v) is 12.5. The van der Waals surface area contributed by atoms with E-state index in [2.05, 4.69) is 20.9 Å². The van der Waals surface area contributed by atoms with Gasteiger partial charge < -0.3 is 9.47 Å². The van der Waals surface area contributed by atoms with Crippen LogP contribution in [0.2, 0.25) is 0 Å². The molecule has 0 bridgehead atoms. The molecule has 2 aromatic carbocycles. The maximum absolute atomic E-state index is 13.4. The van der Waals surface area contributed by atoms with E-state index >= 15 is 0 Å². The summed E-state index contributed by atoms with van der Waals surface area (Å²) in [5, 5.41) is 9.73. The Bertz CT molecular complexity index is 1650. The zero-order chi connectivity index (χ0) is 25.2. The molecule has 2 heterocycles. The second kappa shape index (κ2) is 9.74. The number of nitrogens with zero attached hydrogens (tertiary/aromatic N) is 3. The molecule has 4 aromatic rings. The summed E-state index contributed by atoms with van der Waals surface area (Å²) in [6.45, 7) is 1.78. The highest BCUT2D eigenvalue weighted by atomic mass is 79.9. The van der Waals surface area contributed by atoms with Gasteiger partial charge in [0, 0.05) is 10.7 Å². The normalized spacial score (nSPS) is 11.8. The number of hydrogen-bond acceptors (Lipinski definition) is 7. The van der Waals surface area contributed by atoms with Crippen molar-refractivity contribution in [3.05, 3.63) is 97.7 Å². The lowest BCUT2D eigenvalue weighted by atomic mass is 10.2. The van der Waals surface area contributed by atoms with E-state index in [4.69, 9.17) is 9.47 Å². The molecule has 176 valence electrons. The second-order valence-electron chi connectivity index (χ2n) is 7.38. The molecule has 0 aliphatic heterocycles. The van der Waals surface area contributed by atoms with Crippen LogP contribution in [0.3, 0.4) is 0 Å². The fourth-order valence-electron chi connectivity index (χ4n) is 3.29. The van der Waals surface area contributed by atoms with E-state index in [1.54, 1.807) is 61.5 Å². The Kier molecular flexibility index (Phi) is 6.73. The van der Waals surface area contributed by atoms with Gasteiger partial charge in [0.15, 0.2) is 0 Å². The minimum Gasteiger partial charge on any atom is -0.497 e. The quantitative estimate of drug-likeness (QED) is 0.313. The average Bonchev–Trinajstić information content (AvgIpc) is 2.85. The maximum Gasteiger partial charge on any atom is 0.269 e. The van der Waals surface area contributed by atoms with Crippen LogP contribution in [0.15, 0.2) is 85.9 Å². The number of halogens is 1. The van der Waals surface area contributed by atoms with Crippen LogP contribution < -0.4 is 15.0 Å². The molecule has 0 fully saturated rings. The van der Waals surface area contributed by atoms with Gasteiger partial charge in [0.1, 0.15) is 33.7 Å². The zero-order valence-electron chi connectivity index (χ0n) is 18.6. The number of nitriles is 1. The van der Waals surface area contributed by atoms with Crippen molar-refractivity contribution in [2.24, 2.45) is 0 Å². The number of benzene rings is 2. The third-order valence-electron chi connectivity index (χ3n) is 5.12. The van der Waals surface area contributed by atoms with Gasteiger partial charge in [-0.15, -0.1) is 0 Å². The summed E-state index contributed by atoms with van der Waals surface area (Å²) < 4.78 is 39.3. The Hall–Kier alpha value is -3.94. The van der Waals surface area contributed by atoms with Crippen LogP contribution >= 0.6 is 15.9 Å². The highest BCUT2D eigenvalue weighted by Crippen LogP contribution is 2.28. The van der Waals surface area contributed by atoms with Crippen molar-refractivity contribution in [3.8, 4) is 23.4 Å². The summed E-state index contributed by atoms with van der Waals surface area (Å²) in [6, 6.07) is 17.6. The topological polar surface area (TPSA) is 111 Å². The molecule has 4 rings (SSSR count). The van der Waals surface area contributed by atoms with Gasteiger partial charge in [-0.2, -0.15) is 10.2 Å². The van der Waals surface area contributed by atoms with Gasteiger partial charge in [-0.25, -0.2) is 8.42 Å². The predicted octanol–water partition coefficient (Wildman–Crippen LogP) is 4.90. The predicted molar refractivity (Wildman–Crippen MR) is 134 cm³/mol. The van der Waals surface area contributed by atoms with Crippen molar-refractivity contribution in [1.82, 2.24) is 9.38 Å². The smallest absolute Gasteiger partial charge is 0.269 e. The van der Waals surface area contributed by atoms with E-state index < -0.39 is 20.3 Å². The molecule has 0 atom stereocenters. The molecule has 10 heteroatoms. The second-order valence-corrected chi connectivity index (χ2v) is 10.2. The van der Waals surface area contributed by atoms with Crippen molar-refractivity contribution in [2.75, 3.05) is 7.11 Å². The van der Waals surface area contributed by atoms with Gasteiger partial charge in [0.25, 0.3) is 5.56 Å². The molecule has 0 N–H and O–H groups in total. The summed E-state index contributed by atoms with van der Waals surface area (Å²) in [6.07, 6.45) is 2.52. The van der Waals surface area contributed by atoms with Crippen LogP contribution in [-0.2, 0) is 9.84 Å². The third-order valence-corrected chi connectivity index (χ3v) is 7.33. The molecule has 35 heavy (non-hydrogen) atoms. The summed E-state index contributed by atoms with van der Waals surface area (Å²) >= 11 is 3.26. The first-order valence-electron chi connectivity index (χ1n) is 10.2. The summed E-state index contributed by atoms with van der Waals surface area (Å²) in [4.78, 5) is 17.2. The van der Waals surface area contributed by atoms with Crippen molar-refractivity contribution in [3.63, 3.8) is 0 Å². The summed E-state index contributed by atoms with van der Waals surface area (Å²) in [7, 11) is -2.68. The number of ether oxygens (including phenoxy) is 2. The van der Waals surface area contributed by atoms with E-state index in [1.165, 1.54) is 29.8 Å². The number of fused-ring (bicyclic) bond motifs is 1. The van der Waals surface area contributed by atoms with Gasteiger partial charge >= 0.3 is 0 Å². The van der Waals surface area contributed by atoms with Crippen LogP contribution in [0.25, 0.3) is 11.7 Å². The van der Waals surface area contributed by atoms with Crippen molar-refractivity contribution in [1.29, 1.82) is 5.26 Å². The number of allylic oxidation sites excluding steroid dienone is 1. The Morgan fingerprint density at radius 3 is 2.37 bits per heavy atom. The molecule has 0 aliphatic carbocycles. The molecule has 0 amide bonds. The first-order chi connectivity index (χ1) is 16.7. The summed E-state index contributed by atoms with van der Waals surface area (Å²) in [5.41, 5.74) is 0.289. The summed E-state index contributed by atoms with van der Waals surface area (Å²) in [5.74, 6) is 0.819. The average molecular weight is 552 g/mol. The van der Waals surface area contributed by atoms with Crippen molar-refractivity contribution in [2.45, 2.75) is 11.8 Å². The molecule has 0 saturated carbocycles. The fraction of sp³-hybridized carbons (Fsp3) is 0.0800. The van der Waals surface area contributed by atoms with E-state index in [9.17, 15) is 18.5 Å². The van der Waals surface area contributed by atoms with Gasteiger partial charge in [0.05, 0.1) is 12.0 Å². The molecule has 0 saturated heterocycles. The number of hydrogen-bond donors (Lipinski definition) is 0. The number of rotatable bonds is 6. The van der Waals surface area contributed by atoms with E-state index in [-0.39, 0.29) is 16.3 Å². The van der Waals surface area contributed by atoms with Gasteiger partial charge in [-0.3, -0.25) is 9.20 Å². The lowest BCUT2D eigenvalue weighted by Gasteiger charge is -2.12. The number of aromatic nitrogens is 2. The number of sulfone groups is 1. The van der Waals surface area contributed by atoms with E-state index in [1.807, 2.05) is 0 Å². The molecule has 2 aromatic heterocycles. The molecule has 0 spiro atoms. The monoisotopic (exact) mass is 551 g/mol. The minimum absolute atomic E-state index is 0.0872. The largest absolute Gasteiger partial charge is 0.497 e. The number of aryl methyl sites for hydroxylation is 1. The maximum atomic E-state index is 13.4. The highest BCUT2D eigenvalue weighted by molar-refractivity contribution is 9.10. The third kappa shape index (κ3) is 4.82. The molecule has 0 unspecified atom stereocenters. The van der Waals surface area contributed by atoms with Crippen LogP contribution in [0.5, 0.6) is 17.4 Å². The minimum atomic E-state index is -4.21. The van der Waals surface area contributed by atoms with Crippen LogP contribution in [0.4, 0.5) is 0 Å². The lowest BCUT2D eigenvalue weighted by molar-refractivity contribution is 0.412. The standard InChI is InChI=1S/C25H18BrN3O5S/c1-16-4-3-13-29-23(16)28-24(34-19-9-7-18(33-2)8-10-19)22(25(29)30)14-21(15-27)35(31,32)20-11-5-17(26)6-12-20/h3-14H,1-2H3.